The van der Waals surface area contributed by atoms with Gasteiger partial charge in [0.05, 0.1) is 11.1 Å². The van der Waals surface area contributed by atoms with Gasteiger partial charge >= 0.3 is 0 Å². The van der Waals surface area contributed by atoms with Crippen LogP contribution in [0.4, 0.5) is 10.1 Å². The number of halogens is 2. The molecule has 0 aliphatic rings. The van der Waals surface area contributed by atoms with Gasteiger partial charge in [-0.15, -0.1) is 0 Å². The summed E-state index contributed by atoms with van der Waals surface area (Å²) in [6.07, 6.45) is -0.218. The predicted molar refractivity (Wildman–Crippen MR) is 81.0 cm³/mol. The Morgan fingerprint density at radius 3 is 2.86 bits per heavy atom. The highest BCUT2D eigenvalue weighted by molar-refractivity contribution is 6.31. The van der Waals surface area contributed by atoms with Gasteiger partial charge in [0.1, 0.15) is 24.6 Å². The average Bonchev–Trinajstić information content (AvgIpc) is 2.49. The van der Waals surface area contributed by atoms with Crippen molar-refractivity contribution in [2.24, 2.45) is 0 Å². The fourth-order valence-corrected chi connectivity index (χ4v) is 1.94. The van der Waals surface area contributed by atoms with Crippen molar-refractivity contribution in [1.29, 1.82) is 5.26 Å². The molecule has 0 unspecified atom stereocenters. The third kappa shape index (κ3) is 4.21. The molecule has 2 rings (SSSR count). The highest BCUT2D eigenvalue weighted by atomic mass is 35.5. The van der Waals surface area contributed by atoms with Gasteiger partial charge in [-0.2, -0.15) is 5.26 Å². The molecule has 2 aromatic rings. The van der Waals surface area contributed by atoms with Crippen LogP contribution in [-0.4, -0.2) is 5.91 Å². The van der Waals surface area contributed by atoms with Gasteiger partial charge in [0.2, 0.25) is 5.91 Å². The molecule has 2 aromatic carbocycles. The van der Waals surface area contributed by atoms with Gasteiger partial charge < -0.3 is 10.1 Å². The molecule has 0 heterocycles. The Balaban J connectivity index is 2.03. The summed E-state index contributed by atoms with van der Waals surface area (Å²) in [6, 6.07) is 13.0. The molecule has 0 aromatic heterocycles. The predicted octanol–water partition coefficient (Wildman–Crippen LogP) is 3.91. The van der Waals surface area contributed by atoms with Crippen molar-refractivity contribution in [3.8, 4) is 11.8 Å². The summed E-state index contributed by atoms with van der Waals surface area (Å²) in [4.78, 5) is 11.4. The van der Waals surface area contributed by atoms with E-state index in [0.29, 0.717) is 17.0 Å². The zero-order valence-corrected chi connectivity index (χ0v) is 12.2. The molecule has 22 heavy (non-hydrogen) atoms. The SMILES string of the molecule is N#CCC(=O)Nc1cccc(OCc2cccc(F)c2Cl)c1. The van der Waals surface area contributed by atoms with E-state index < -0.39 is 11.7 Å². The van der Waals surface area contributed by atoms with E-state index in [1.54, 1.807) is 42.5 Å². The standard InChI is InChI=1S/C16H12ClFN2O2/c17-16-11(3-1-6-14(16)18)10-22-13-5-2-4-12(9-13)20-15(21)7-8-19/h1-6,9H,7,10H2,(H,20,21). The molecule has 0 radical (unpaired) electrons. The molecular formula is C16H12ClFN2O2. The first kappa shape index (κ1) is 15.8. The van der Waals surface area contributed by atoms with Crippen molar-refractivity contribution in [1.82, 2.24) is 0 Å². The molecule has 1 N–H and O–H groups in total. The van der Waals surface area contributed by atoms with Crippen LogP contribution in [0.15, 0.2) is 42.5 Å². The molecular weight excluding hydrogens is 307 g/mol. The van der Waals surface area contributed by atoms with Crippen LogP contribution in [0.25, 0.3) is 0 Å². The van der Waals surface area contributed by atoms with E-state index >= 15 is 0 Å². The maximum atomic E-state index is 13.3. The number of carbonyl (C=O) groups is 1. The molecule has 0 aliphatic heterocycles. The smallest absolute Gasteiger partial charge is 0.238 e. The maximum Gasteiger partial charge on any atom is 0.238 e. The Morgan fingerprint density at radius 2 is 2.09 bits per heavy atom. The number of nitriles is 1. The molecule has 0 saturated carbocycles. The van der Waals surface area contributed by atoms with E-state index in [9.17, 15) is 9.18 Å². The lowest BCUT2D eigenvalue weighted by molar-refractivity contribution is -0.115. The van der Waals surface area contributed by atoms with Crippen molar-refractivity contribution < 1.29 is 13.9 Å². The summed E-state index contributed by atoms with van der Waals surface area (Å²) in [5.74, 6) is -0.400. The van der Waals surface area contributed by atoms with Gasteiger partial charge in [-0.1, -0.05) is 29.8 Å². The van der Waals surface area contributed by atoms with Gasteiger partial charge in [-0.25, -0.2) is 4.39 Å². The second-order valence-corrected chi connectivity index (χ2v) is 4.79. The van der Waals surface area contributed by atoms with Crippen LogP contribution in [0.1, 0.15) is 12.0 Å². The second kappa shape index (κ2) is 7.43. The van der Waals surface area contributed by atoms with Gasteiger partial charge in [-0.3, -0.25) is 4.79 Å². The molecule has 0 spiro atoms. The zero-order chi connectivity index (χ0) is 15.9. The number of nitrogens with zero attached hydrogens (tertiary/aromatic N) is 1. The number of rotatable bonds is 5. The van der Waals surface area contributed by atoms with Crippen molar-refractivity contribution >= 4 is 23.2 Å². The van der Waals surface area contributed by atoms with Crippen molar-refractivity contribution in [2.45, 2.75) is 13.0 Å². The van der Waals surface area contributed by atoms with Crippen LogP contribution in [0.3, 0.4) is 0 Å². The molecule has 112 valence electrons. The van der Waals surface area contributed by atoms with E-state index in [1.807, 2.05) is 0 Å². The largest absolute Gasteiger partial charge is 0.489 e. The summed E-state index contributed by atoms with van der Waals surface area (Å²) in [6.45, 7) is 0.103. The fraction of sp³-hybridized carbons (Fsp3) is 0.125. The minimum atomic E-state index is -0.500. The average molecular weight is 319 g/mol. The Morgan fingerprint density at radius 1 is 1.32 bits per heavy atom. The van der Waals surface area contributed by atoms with Crippen LogP contribution in [0.2, 0.25) is 5.02 Å². The second-order valence-electron chi connectivity index (χ2n) is 4.41. The number of hydrogen-bond acceptors (Lipinski definition) is 3. The Labute approximate surface area is 132 Å². The molecule has 0 bridgehead atoms. The van der Waals surface area contributed by atoms with Crippen LogP contribution >= 0.6 is 11.6 Å². The number of amides is 1. The minimum Gasteiger partial charge on any atom is -0.489 e. The first-order valence-corrected chi connectivity index (χ1v) is 6.80. The summed E-state index contributed by atoms with van der Waals surface area (Å²) in [7, 11) is 0. The Kier molecular flexibility index (Phi) is 5.34. The summed E-state index contributed by atoms with van der Waals surface area (Å²) >= 11 is 5.85. The number of carbonyl (C=O) groups excluding carboxylic acids is 1. The fourth-order valence-electron chi connectivity index (χ4n) is 1.76. The highest BCUT2D eigenvalue weighted by Crippen LogP contribution is 2.23. The van der Waals surface area contributed by atoms with E-state index in [2.05, 4.69) is 5.32 Å². The number of anilines is 1. The van der Waals surface area contributed by atoms with Crippen molar-refractivity contribution in [2.75, 3.05) is 5.32 Å². The van der Waals surface area contributed by atoms with Gasteiger partial charge in [0.25, 0.3) is 0 Å². The Bertz CT molecular complexity index is 728. The highest BCUT2D eigenvalue weighted by Gasteiger charge is 2.07. The van der Waals surface area contributed by atoms with Gasteiger partial charge in [0.15, 0.2) is 0 Å². The van der Waals surface area contributed by atoms with Crippen LogP contribution in [-0.2, 0) is 11.4 Å². The van der Waals surface area contributed by atoms with Crippen molar-refractivity contribution in [3.63, 3.8) is 0 Å². The molecule has 0 aliphatic carbocycles. The van der Waals surface area contributed by atoms with E-state index in [1.165, 1.54) is 6.07 Å². The van der Waals surface area contributed by atoms with Crippen molar-refractivity contribution in [3.05, 3.63) is 58.9 Å². The maximum absolute atomic E-state index is 13.3. The Hall–Kier alpha value is -2.58. The number of hydrogen-bond donors (Lipinski definition) is 1. The normalized spacial score (nSPS) is 9.86. The van der Waals surface area contributed by atoms with Gasteiger partial charge in [-0.05, 0) is 18.2 Å². The third-order valence-electron chi connectivity index (χ3n) is 2.78. The van der Waals surface area contributed by atoms with Crippen LogP contribution in [0, 0.1) is 17.1 Å². The monoisotopic (exact) mass is 318 g/mol. The summed E-state index contributed by atoms with van der Waals surface area (Å²) < 4.78 is 18.9. The number of nitrogens with one attached hydrogen (secondary N) is 1. The molecule has 1 amide bonds. The molecule has 4 nitrogen and oxygen atoms in total. The first-order chi connectivity index (χ1) is 10.6. The summed E-state index contributed by atoms with van der Waals surface area (Å²) in [5.41, 5.74) is 1.05. The lowest BCUT2D eigenvalue weighted by Crippen LogP contribution is -2.10. The lowest BCUT2D eigenvalue weighted by Gasteiger charge is -2.10. The zero-order valence-electron chi connectivity index (χ0n) is 11.5. The third-order valence-corrected chi connectivity index (χ3v) is 3.21. The minimum absolute atomic E-state index is 0.0287. The summed E-state index contributed by atoms with van der Waals surface area (Å²) in [5, 5.41) is 11.1. The molecule has 0 atom stereocenters. The quantitative estimate of drug-likeness (QED) is 0.909. The molecule has 0 fully saturated rings. The lowest BCUT2D eigenvalue weighted by atomic mass is 10.2. The van der Waals surface area contributed by atoms with Crippen LogP contribution < -0.4 is 10.1 Å². The van der Waals surface area contributed by atoms with Crippen LogP contribution in [0.5, 0.6) is 5.75 Å². The van der Waals surface area contributed by atoms with E-state index in [0.717, 1.165) is 0 Å². The van der Waals surface area contributed by atoms with E-state index in [4.69, 9.17) is 21.6 Å². The van der Waals surface area contributed by atoms with E-state index in [-0.39, 0.29) is 18.1 Å². The number of benzene rings is 2. The van der Waals surface area contributed by atoms with Gasteiger partial charge in [0, 0.05) is 17.3 Å². The molecule has 0 saturated heterocycles. The number of ether oxygens (including phenoxy) is 1. The first-order valence-electron chi connectivity index (χ1n) is 6.42. The molecule has 6 heteroatoms. The topological polar surface area (TPSA) is 62.1 Å².